The SMILES string of the molecule is O=C1CC2(CCN(C(=O)C3CC(O)C3)CC2)CN1CC1CC1. The van der Waals surface area contributed by atoms with E-state index in [1.54, 1.807) is 0 Å². The van der Waals surface area contributed by atoms with Crippen molar-refractivity contribution in [2.24, 2.45) is 17.3 Å². The Morgan fingerprint density at radius 3 is 2.50 bits per heavy atom. The summed E-state index contributed by atoms with van der Waals surface area (Å²) in [4.78, 5) is 28.6. The smallest absolute Gasteiger partial charge is 0.225 e. The number of carbonyl (C=O) groups is 2. The second-order valence-electron chi connectivity index (χ2n) is 8.04. The molecular formula is C17H26N2O3. The average molecular weight is 306 g/mol. The lowest BCUT2D eigenvalue weighted by molar-refractivity contribution is -0.144. The summed E-state index contributed by atoms with van der Waals surface area (Å²) >= 11 is 0. The second-order valence-corrected chi connectivity index (χ2v) is 8.04. The Labute approximate surface area is 131 Å². The quantitative estimate of drug-likeness (QED) is 0.846. The highest BCUT2D eigenvalue weighted by Crippen LogP contribution is 2.43. The molecule has 5 nitrogen and oxygen atoms in total. The van der Waals surface area contributed by atoms with Gasteiger partial charge in [0.2, 0.25) is 11.8 Å². The first kappa shape index (κ1) is 14.5. The van der Waals surface area contributed by atoms with Crippen molar-refractivity contribution >= 4 is 11.8 Å². The van der Waals surface area contributed by atoms with Gasteiger partial charge in [0.25, 0.3) is 0 Å². The van der Waals surface area contributed by atoms with Gasteiger partial charge < -0.3 is 14.9 Å². The van der Waals surface area contributed by atoms with Crippen molar-refractivity contribution in [2.45, 2.75) is 51.0 Å². The number of likely N-dealkylation sites (tertiary alicyclic amines) is 2. The van der Waals surface area contributed by atoms with Crippen molar-refractivity contribution < 1.29 is 14.7 Å². The number of aliphatic hydroxyl groups is 1. The summed E-state index contributed by atoms with van der Waals surface area (Å²) in [5.41, 5.74) is 0.127. The van der Waals surface area contributed by atoms with E-state index in [2.05, 4.69) is 4.90 Å². The summed E-state index contributed by atoms with van der Waals surface area (Å²) in [6.07, 6.45) is 6.17. The van der Waals surface area contributed by atoms with Crippen molar-refractivity contribution in [1.82, 2.24) is 9.80 Å². The molecule has 2 amide bonds. The van der Waals surface area contributed by atoms with Gasteiger partial charge in [0, 0.05) is 43.9 Å². The topological polar surface area (TPSA) is 60.9 Å². The number of hydrogen-bond acceptors (Lipinski definition) is 3. The molecule has 0 aromatic carbocycles. The van der Waals surface area contributed by atoms with Gasteiger partial charge in [0.05, 0.1) is 6.10 Å². The largest absolute Gasteiger partial charge is 0.393 e. The van der Waals surface area contributed by atoms with Crippen molar-refractivity contribution in [1.29, 1.82) is 0 Å². The Morgan fingerprint density at radius 2 is 1.91 bits per heavy atom. The molecule has 4 aliphatic rings. The van der Waals surface area contributed by atoms with Crippen LogP contribution in [0.2, 0.25) is 0 Å². The molecule has 0 bridgehead atoms. The van der Waals surface area contributed by atoms with Crippen LogP contribution < -0.4 is 0 Å². The van der Waals surface area contributed by atoms with Crippen LogP contribution in [-0.4, -0.2) is 59.0 Å². The zero-order chi connectivity index (χ0) is 15.3. The van der Waals surface area contributed by atoms with Crippen molar-refractivity contribution in [3.05, 3.63) is 0 Å². The van der Waals surface area contributed by atoms with Crippen LogP contribution in [0.25, 0.3) is 0 Å². The molecule has 2 saturated heterocycles. The van der Waals surface area contributed by atoms with Gasteiger partial charge in [-0.3, -0.25) is 9.59 Å². The molecule has 122 valence electrons. The lowest BCUT2D eigenvalue weighted by Gasteiger charge is -2.42. The van der Waals surface area contributed by atoms with E-state index in [0.29, 0.717) is 25.2 Å². The lowest BCUT2D eigenvalue weighted by Crippen LogP contribution is -2.49. The zero-order valence-electron chi connectivity index (χ0n) is 13.2. The third-order valence-corrected chi connectivity index (χ3v) is 6.18. The average Bonchev–Trinajstić information content (AvgIpc) is 3.22. The highest BCUT2D eigenvalue weighted by Gasteiger charge is 2.47. The van der Waals surface area contributed by atoms with Gasteiger partial charge in [-0.15, -0.1) is 0 Å². The maximum Gasteiger partial charge on any atom is 0.225 e. The third-order valence-electron chi connectivity index (χ3n) is 6.18. The van der Waals surface area contributed by atoms with Crippen molar-refractivity contribution in [3.63, 3.8) is 0 Å². The monoisotopic (exact) mass is 306 g/mol. The standard InChI is InChI=1S/C17H26N2O3/c20-14-7-13(8-14)16(22)18-5-3-17(4-6-18)9-15(21)19(11-17)10-12-1-2-12/h12-14,20H,1-11H2. The number of piperidine rings is 1. The van der Waals surface area contributed by atoms with E-state index in [1.165, 1.54) is 12.8 Å². The lowest BCUT2D eigenvalue weighted by atomic mass is 9.76. The van der Waals surface area contributed by atoms with E-state index >= 15 is 0 Å². The Balaban J connectivity index is 1.31. The highest BCUT2D eigenvalue weighted by molar-refractivity contribution is 5.81. The van der Waals surface area contributed by atoms with Crippen LogP contribution in [0.4, 0.5) is 0 Å². The normalized spacial score (nSPS) is 34.1. The van der Waals surface area contributed by atoms with E-state index < -0.39 is 0 Å². The highest BCUT2D eigenvalue weighted by atomic mass is 16.3. The summed E-state index contributed by atoms with van der Waals surface area (Å²) in [7, 11) is 0. The van der Waals surface area contributed by atoms with Crippen molar-refractivity contribution in [3.8, 4) is 0 Å². The molecule has 4 fully saturated rings. The number of amides is 2. The van der Waals surface area contributed by atoms with Gasteiger partial charge in [0.15, 0.2) is 0 Å². The number of aliphatic hydroxyl groups excluding tert-OH is 1. The predicted octanol–water partition coefficient (Wildman–Crippen LogP) is 1.01. The van der Waals surface area contributed by atoms with Gasteiger partial charge in [-0.25, -0.2) is 0 Å². The fraction of sp³-hybridized carbons (Fsp3) is 0.882. The van der Waals surface area contributed by atoms with E-state index in [4.69, 9.17) is 0 Å². The van der Waals surface area contributed by atoms with E-state index in [1.807, 2.05) is 4.90 Å². The van der Waals surface area contributed by atoms with Gasteiger partial charge >= 0.3 is 0 Å². The summed E-state index contributed by atoms with van der Waals surface area (Å²) in [6, 6.07) is 0. The van der Waals surface area contributed by atoms with Gasteiger partial charge in [0.1, 0.15) is 0 Å². The number of carbonyl (C=O) groups excluding carboxylic acids is 2. The predicted molar refractivity (Wildman–Crippen MR) is 80.9 cm³/mol. The maximum atomic E-state index is 12.3. The van der Waals surface area contributed by atoms with Crippen LogP contribution in [0.5, 0.6) is 0 Å². The van der Waals surface area contributed by atoms with E-state index in [9.17, 15) is 14.7 Å². The molecule has 0 aromatic rings. The van der Waals surface area contributed by atoms with Crippen LogP contribution in [0.1, 0.15) is 44.9 Å². The molecular weight excluding hydrogens is 280 g/mol. The first-order valence-corrected chi connectivity index (χ1v) is 8.79. The Hall–Kier alpha value is -1.10. The Morgan fingerprint density at radius 1 is 1.23 bits per heavy atom. The van der Waals surface area contributed by atoms with Crippen molar-refractivity contribution in [2.75, 3.05) is 26.2 Å². The summed E-state index contributed by atoms with van der Waals surface area (Å²) in [5.74, 6) is 1.35. The number of rotatable bonds is 3. The molecule has 0 aromatic heterocycles. The first-order valence-electron chi connectivity index (χ1n) is 8.79. The summed E-state index contributed by atoms with van der Waals surface area (Å²) < 4.78 is 0. The maximum absolute atomic E-state index is 12.3. The summed E-state index contributed by atoms with van der Waals surface area (Å²) in [6.45, 7) is 3.45. The minimum Gasteiger partial charge on any atom is -0.393 e. The molecule has 2 saturated carbocycles. The fourth-order valence-corrected chi connectivity index (χ4v) is 4.34. The Kier molecular flexibility index (Phi) is 3.44. The number of nitrogens with zero attached hydrogens (tertiary/aromatic N) is 2. The summed E-state index contributed by atoms with van der Waals surface area (Å²) in [5, 5.41) is 9.35. The van der Waals surface area contributed by atoms with Crippen LogP contribution in [-0.2, 0) is 9.59 Å². The van der Waals surface area contributed by atoms with Crippen LogP contribution in [0, 0.1) is 17.3 Å². The van der Waals surface area contributed by atoms with E-state index in [0.717, 1.165) is 44.9 Å². The van der Waals surface area contributed by atoms with Crippen LogP contribution in [0.15, 0.2) is 0 Å². The molecule has 1 spiro atoms. The molecule has 0 radical (unpaired) electrons. The third kappa shape index (κ3) is 2.64. The van der Waals surface area contributed by atoms with Crippen LogP contribution in [0.3, 0.4) is 0 Å². The molecule has 0 atom stereocenters. The molecule has 1 N–H and O–H groups in total. The minimum absolute atomic E-state index is 0.0422. The zero-order valence-corrected chi connectivity index (χ0v) is 13.2. The van der Waals surface area contributed by atoms with E-state index in [-0.39, 0.29) is 23.3 Å². The Bertz CT molecular complexity index is 474. The van der Waals surface area contributed by atoms with Gasteiger partial charge in [-0.05, 0) is 44.4 Å². The van der Waals surface area contributed by atoms with Gasteiger partial charge in [-0.2, -0.15) is 0 Å². The molecule has 4 rings (SSSR count). The molecule has 0 unspecified atom stereocenters. The second kappa shape index (κ2) is 5.22. The molecule has 2 aliphatic carbocycles. The fourth-order valence-electron chi connectivity index (χ4n) is 4.34. The molecule has 2 aliphatic heterocycles. The van der Waals surface area contributed by atoms with Gasteiger partial charge in [-0.1, -0.05) is 0 Å². The first-order chi connectivity index (χ1) is 10.5. The number of hydrogen-bond donors (Lipinski definition) is 1. The molecule has 5 heteroatoms. The minimum atomic E-state index is -0.270. The molecule has 2 heterocycles. The van der Waals surface area contributed by atoms with Crippen LogP contribution >= 0.6 is 0 Å². The molecule has 22 heavy (non-hydrogen) atoms.